The number of esters is 1. The number of alkyl carbamates (subject to hydrolysis) is 1. The van der Waals surface area contributed by atoms with E-state index >= 15 is 0 Å². The average Bonchev–Trinajstić information content (AvgIpc) is 2.82. The Hall–Kier alpha value is -3.02. The zero-order valence-electron chi connectivity index (χ0n) is 16.5. The van der Waals surface area contributed by atoms with Gasteiger partial charge in [0.25, 0.3) is 0 Å². The molecule has 150 valence electrons. The van der Waals surface area contributed by atoms with Crippen molar-refractivity contribution >= 4 is 12.1 Å². The summed E-state index contributed by atoms with van der Waals surface area (Å²) in [4.78, 5) is 24.8. The van der Waals surface area contributed by atoms with Crippen LogP contribution in [0.15, 0.2) is 66.0 Å². The molecule has 0 aliphatic heterocycles. The Bertz CT molecular complexity index is 772. The molecule has 1 atom stereocenters. The molecular formula is C22H27NO5. The van der Waals surface area contributed by atoms with Gasteiger partial charge in [-0.1, -0.05) is 48.6 Å². The quantitative estimate of drug-likeness (QED) is 0.712. The third-order valence-corrected chi connectivity index (χ3v) is 3.79. The zero-order chi connectivity index (χ0) is 20.6. The van der Waals surface area contributed by atoms with E-state index in [0.717, 1.165) is 11.1 Å². The first-order valence-corrected chi connectivity index (χ1v) is 9.18. The number of aliphatic hydroxyl groups is 1. The molecule has 0 heterocycles. The van der Waals surface area contributed by atoms with Crippen molar-refractivity contribution in [1.82, 2.24) is 5.32 Å². The smallest absolute Gasteiger partial charge is 0.408 e. The van der Waals surface area contributed by atoms with E-state index in [1.165, 1.54) is 0 Å². The number of ether oxygens (including phenoxy) is 2. The van der Waals surface area contributed by atoms with Gasteiger partial charge in [0, 0.05) is 12.8 Å². The van der Waals surface area contributed by atoms with Crippen molar-refractivity contribution in [1.29, 1.82) is 0 Å². The molecular weight excluding hydrogens is 358 g/mol. The Morgan fingerprint density at radius 2 is 1.89 bits per heavy atom. The van der Waals surface area contributed by atoms with Crippen molar-refractivity contribution in [2.45, 2.75) is 51.9 Å². The number of allylic oxidation sites excluding steroid dienone is 4. The molecule has 1 aromatic rings. The van der Waals surface area contributed by atoms with Crippen LogP contribution in [-0.2, 0) is 20.9 Å². The molecule has 1 aliphatic rings. The lowest BCUT2D eigenvalue weighted by molar-refractivity contribution is -0.147. The Morgan fingerprint density at radius 3 is 2.57 bits per heavy atom. The number of hydrogen-bond donors (Lipinski definition) is 2. The van der Waals surface area contributed by atoms with E-state index in [9.17, 15) is 14.7 Å². The fraction of sp³-hybridized carbons (Fsp3) is 0.364. The molecule has 0 radical (unpaired) electrons. The minimum Gasteiger partial charge on any atom is -0.512 e. The molecule has 0 spiro atoms. The summed E-state index contributed by atoms with van der Waals surface area (Å²) in [6, 6.07) is 8.40. The molecule has 0 fully saturated rings. The van der Waals surface area contributed by atoms with Crippen LogP contribution < -0.4 is 5.32 Å². The van der Waals surface area contributed by atoms with Crippen molar-refractivity contribution in [2.24, 2.45) is 0 Å². The number of nitrogens with one attached hydrogen (secondary N) is 1. The van der Waals surface area contributed by atoms with Crippen molar-refractivity contribution < 1.29 is 24.2 Å². The van der Waals surface area contributed by atoms with Crippen LogP contribution in [-0.4, -0.2) is 28.8 Å². The summed E-state index contributed by atoms with van der Waals surface area (Å²) in [5.74, 6) is -0.323. The number of rotatable bonds is 6. The summed E-state index contributed by atoms with van der Waals surface area (Å²) in [6.45, 7) is 5.36. The highest BCUT2D eigenvalue weighted by molar-refractivity contribution is 5.82. The Morgan fingerprint density at radius 1 is 1.18 bits per heavy atom. The predicted molar refractivity (Wildman–Crippen MR) is 107 cm³/mol. The molecule has 2 N–H and O–H groups in total. The van der Waals surface area contributed by atoms with Gasteiger partial charge in [-0.25, -0.2) is 9.59 Å². The fourth-order valence-corrected chi connectivity index (χ4v) is 2.50. The molecule has 0 bridgehead atoms. The summed E-state index contributed by atoms with van der Waals surface area (Å²) in [5.41, 5.74) is 0.952. The molecule has 0 saturated carbocycles. The first kappa shape index (κ1) is 21.3. The monoisotopic (exact) mass is 385 g/mol. The molecule has 6 heteroatoms. The maximum Gasteiger partial charge on any atom is 0.408 e. The largest absolute Gasteiger partial charge is 0.512 e. The molecule has 0 saturated heterocycles. The number of benzene rings is 1. The highest BCUT2D eigenvalue weighted by atomic mass is 16.6. The number of aliphatic hydroxyl groups excluding tert-OH is 1. The number of carbonyl (C=O) groups is 2. The molecule has 1 amide bonds. The van der Waals surface area contributed by atoms with Gasteiger partial charge in [0.2, 0.25) is 0 Å². The van der Waals surface area contributed by atoms with Gasteiger partial charge in [0.1, 0.15) is 18.2 Å². The van der Waals surface area contributed by atoms with Gasteiger partial charge < -0.3 is 19.9 Å². The topological polar surface area (TPSA) is 84.9 Å². The highest BCUT2D eigenvalue weighted by Crippen LogP contribution is 2.16. The van der Waals surface area contributed by atoms with Crippen LogP contribution >= 0.6 is 0 Å². The van der Waals surface area contributed by atoms with Crippen LogP contribution in [0.4, 0.5) is 4.79 Å². The molecule has 6 nitrogen and oxygen atoms in total. The van der Waals surface area contributed by atoms with E-state index in [0.29, 0.717) is 6.42 Å². The lowest BCUT2D eigenvalue weighted by Gasteiger charge is -2.23. The van der Waals surface area contributed by atoms with Crippen molar-refractivity contribution in [2.75, 3.05) is 0 Å². The summed E-state index contributed by atoms with van der Waals surface area (Å²) < 4.78 is 10.7. The van der Waals surface area contributed by atoms with Crippen LogP contribution in [0, 0.1) is 0 Å². The standard InChI is InChI=1S/C22H27NO5/c1-22(2,3)28-21(26)23-19(14-16-10-7-11-18(24)13-12-16)20(25)27-15-17-8-5-4-6-9-17/h4-10,12-13,19,24H,11,14-15H2,1-3H3,(H,23,26). The van der Waals surface area contributed by atoms with E-state index in [1.807, 2.05) is 36.4 Å². The summed E-state index contributed by atoms with van der Waals surface area (Å²) >= 11 is 0. The van der Waals surface area contributed by atoms with Gasteiger partial charge in [0.15, 0.2) is 0 Å². The summed E-state index contributed by atoms with van der Waals surface area (Å²) in [6.07, 6.45) is 6.85. The van der Waals surface area contributed by atoms with Gasteiger partial charge in [-0.2, -0.15) is 0 Å². The van der Waals surface area contributed by atoms with Crippen LogP contribution in [0.25, 0.3) is 0 Å². The van der Waals surface area contributed by atoms with E-state index in [4.69, 9.17) is 9.47 Å². The van der Waals surface area contributed by atoms with Crippen molar-refractivity contribution in [3.05, 3.63) is 71.5 Å². The van der Waals surface area contributed by atoms with Gasteiger partial charge in [-0.3, -0.25) is 0 Å². The van der Waals surface area contributed by atoms with Crippen LogP contribution in [0.3, 0.4) is 0 Å². The van der Waals surface area contributed by atoms with Crippen molar-refractivity contribution in [3.8, 4) is 0 Å². The lowest BCUT2D eigenvalue weighted by Crippen LogP contribution is -2.44. The van der Waals surface area contributed by atoms with Gasteiger partial charge in [0.05, 0.1) is 5.76 Å². The van der Waals surface area contributed by atoms with Crippen LogP contribution in [0.5, 0.6) is 0 Å². The summed E-state index contributed by atoms with van der Waals surface area (Å²) in [7, 11) is 0. The maximum atomic E-state index is 12.6. The van der Waals surface area contributed by atoms with E-state index in [-0.39, 0.29) is 18.8 Å². The second kappa shape index (κ2) is 9.78. The molecule has 28 heavy (non-hydrogen) atoms. The molecule has 1 unspecified atom stereocenters. The van der Waals surface area contributed by atoms with Gasteiger partial charge >= 0.3 is 12.1 Å². The third kappa shape index (κ3) is 7.70. The Balaban J connectivity index is 2.08. The second-order valence-electron chi connectivity index (χ2n) is 7.50. The average molecular weight is 385 g/mol. The number of amides is 1. The van der Waals surface area contributed by atoms with E-state index < -0.39 is 23.7 Å². The minimum absolute atomic E-state index is 0.113. The van der Waals surface area contributed by atoms with E-state index in [1.54, 1.807) is 39.0 Å². The van der Waals surface area contributed by atoms with Crippen molar-refractivity contribution in [3.63, 3.8) is 0 Å². The Kier molecular flexibility index (Phi) is 7.44. The molecule has 1 aliphatic carbocycles. The third-order valence-electron chi connectivity index (χ3n) is 3.79. The minimum atomic E-state index is -0.914. The molecule has 0 aromatic heterocycles. The number of carbonyl (C=O) groups excluding carboxylic acids is 2. The number of hydrogen-bond acceptors (Lipinski definition) is 5. The SMILES string of the molecule is CC(C)(C)OC(=O)NC(CC1=CC=C(O)CC=C1)C(=O)OCc1ccccc1. The molecule has 2 rings (SSSR count). The van der Waals surface area contributed by atoms with Gasteiger partial charge in [-0.05, 0) is 38.0 Å². The second-order valence-corrected chi connectivity index (χ2v) is 7.50. The summed E-state index contributed by atoms with van der Waals surface area (Å²) in [5, 5.41) is 12.2. The predicted octanol–water partition coefficient (Wildman–Crippen LogP) is 4.34. The van der Waals surface area contributed by atoms with Gasteiger partial charge in [-0.15, -0.1) is 0 Å². The Labute approximate surface area is 165 Å². The maximum absolute atomic E-state index is 12.6. The first-order valence-electron chi connectivity index (χ1n) is 9.18. The first-order chi connectivity index (χ1) is 13.2. The molecule has 1 aromatic carbocycles. The van der Waals surface area contributed by atoms with E-state index in [2.05, 4.69) is 5.32 Å². The fourth-order valence-electron chi connectivity index (χ4n) is 2.50. The lowest BCUT2D eigenvalue weighted by atomic mass is 10.1. The zero-order valence-corrected chi connectivity index (χ0v) is 16.5. The van der Waals surface area contributed by atoms with Crippen LogP contribution in [0.1, 0.15) is 39.2 Å². The normalized spacial score (nSPS) is 15.0. The highest BCUT2D eigenvalue weighted by Gasteiger charge is 2.26. The van der Waals surface area contributed by atoms with Crippen LogP contribution in [0.2, 0.25) is 0 Å².